The highest BCUT2D eigenvalue weighted by atomic mass is 16.8. The SMILES string of the molecule is CCC1(C)CC2(OCC(C)O2)C(C)C(C)(CC)N1OC(C)C1=CCCC(C)C1. The Balaban J connectivity index is 1.91. The average Bonchev–Trinajstić information content (AvgIpc) is 3.04. The molecule has 2 fully saturated rings. The molecule has 2 aliphatic heterocycles. The van der Waals surface area contributed by atoms with Gasteiger partial charge >= 0.3 is 0 Å². The van der Waals surface area contributed by atoms with Gasteiger partial charge in [0.15, 0.2) is 5.79 Å². The van der Waals surface area contributed by atoms with Crippen LogP contribution in [0.15, 0.2) is 11.6 Å². The van der Waals surface area contributed by atoms with Crippen molar-refractivity contribution in [2.24, 2.45) is 11.8 Å². The molecular weight excluding hydrogens is 350 g/mol. The lowest BCUT2D eigenvalue weighted by atomic mass is 9.67. The van der Waals surface area contributed by atoms with E-state index in [0.29, 0.717) is 6.61 Å². The normalized spacial score (nSPS) is 46.0. The minimum Gasteiger partial charge on any atom is -0.347 e. The third-order valence-electron chi connectivity index (χ3n) is 8.05. The van der Waals surface area contributed by atoms with Crippen molar-refractivity contribution in [1.29, 1.82) is 0 Å². The first-order valence-electron chi connectivity index (χ1n) is 11.6. The Bertz CT molecular complexity index is 592. The van der Waals surface area contributed by atoms with Crippen molar-refractivity contribution in [3.63, 3.8) is 0 Å². The van der Waals surface area contributed by atoms with Gasteiger partial charge in [0.1, 0.15) is 0 Å². The number of rotatable bonds is 5. The lowest BCUT2D eigenvalue weighted by Gasteiger charge is -2.62. The molecule has 0 radical (unpaired) electrons. The van der Waals surface area contributed by atoms with E-state index >= 15 is 0 Å². The summed E-state index contributed by atoms with van der Waals surface area (Å²) in [6.07, 6.45) is 9.16. The van der Waals surface area contributed by atoms with E-state index in [1.165, 1.54) is 18.4 Å². The van der Waals surface area contributed by atoms with Crippen molar-refractivity contribution in [2.75, 3.05) is 6.61 Å². The van der Waals surface area contributed by atoms with Gasteiger partial charge in [-0.3, -0.25) is 4.84 Å². The van der Waals surface area contributed by atoms with Crippen LogP contribution in [0.25, 0.3) is 0 Å². The fourth-order valence-electron chi connectivity index (χ4n) is 5.67. The summed E-state index contributed by atoms with van der Waals surface area (Å²) in [6.45, 7) is 18.9. The zero-order chi connectivity index (χ0) is 20.7. The number of hydrogen-bond acceptors (Lipinski definition) is 4. The molecule has 7 unspecified atom stereocenters. The maximum Gasteiger partial charge on any atom is 0.175 e. The first kappa shape index (κ1) is 22.3. The Labute approximate surface area is 172 Å². The molecule has 7 atom stereocenters. The Morgan fingerprint density at radius 3 is 2.46 bits per heavy atom. The smallest absolute Gasteiger partial charge is 0.175 e. The molecule has 0 aromatic carbocycles. The van der Waals surface area contributed by atoms with Crippen LogP contribution in [0.3, 0.4) is 0 Å². The summed E-state index contributed by atoms with van der Waals surface area (Å²) >= 11 is 0. The van der Waals surface area contributed by atoms with Crippen LogP contribution in [0.4, 0.5) is 0 Å². The monoisotopic (exact) mass is 393 g/mol. The third kappa shape index (κ3) is 3.71. The Morgan fingerprint density at radius 2 is 1.93 bits per heavy atom. The maximum absolute atomic E-state index is 6.85. The molecule has 162 valence electrons. The molecule has 0 saturated carbocycles. The van der Waals surface area contributed by atoms with E-state index in [9.17, 15) is 0 Å². The first-order valence-corrected chi connectivity index (χ1v) is 11.6. The zero-order valence-electron chi connectivity index (χ0n) is 19.5. The summed E-state index contributed by atoms with van der Waals surface area (Å²) in [5.41, 5.74) is 1.18. The van der Waals surface area contributed by atoms with Crippen LogP contribution < -0.4 is 0 Å². The lowest BCUT2D eigenvalue weighted by Crippen LogP contribution is -2.72. The second-order valence-electron chi connectivity index (χ2n) is 10.2. The molecule has 0 N–H and O–H groups in total. The van der Waals surface area contributed by atoms with E-state index in [0.717, 1.165) is 31.6 Å². The van der Waals surface area contributed by atoms with Crippen LogP contribution in [0.1, 0.15) is 93.9 Å². The van der Waals surface area contributed by atoms with Crippen molar-refractivity contribution in [3.05, 3.63) is 11.6 Å². The van der Waals surface area contributed by atoms with E-state index < -0.39 is 5.79 Å². The number of hydroxylamine groups is 2. The van der Waals surface area contributed by atoms with Gasteiger partial charge in [-0.25, -0.2) is 0 Å². The maximum atomic E-state index is 6.85. The molecule has 3 rings (SSSR count). The van der Waals surface area contributed by atoms with Crippen molar-refractivity contribution in [3.8, 4) is 0 Å². The molecule has 28 heavy (non-hydrogen) atoms. The van der Waals surface area contributed by atoms with Crippen molar-refractivity contribution in [1.82, 2.24) is 5.06 Å². The molecule has 2 heterocycles. The lowest BCUT2D eigenvalue weighted by molar-refractivity contribution is -0.375. The van der Waals surface area contributed by atoms with Gasteiger partial charge in [-0.05, 0) is 71.3 Å². The number of allylic oxidation sites excluding steroid dienone is 1. The molecule has 4 nitrogen and oxygen atoms in total. The van der Waals surface area contributed by atoms with Gasteiger partial charge in [0.05, 0.1) is 24.4 Å². The topological polar surface area (TPSA) is 30.9 Å². The highest BCUT2D eigenvalue weighted by molar-refractivity contribution is 5.13. The Kier molecular flexibility index (Phi) is 6.38. The highest BCUT2D eigenvalue weighted by Gasteiger charge is 2.63. The van der Waals surface area contributed by atoms with Gasteiger partial charge in [-0.15, -0.1) is 0 Å². The number of ether oxygens (including phenoxy) is 2. The molecule has 3 aliphatic rings. The van der Waals surface area contributed by atoms with Gasteiger partial charge in [-0.2, -0.15) is 5.06 Å². The minimum absolute atomic E-state index is 0.116. The molecule has 2 saturated heterocycles. The fourth-order valence-corrected chi connectivity index (χ4v) is 5.67. The summed E-state index contributed by atoms with van der Waals surface area (Å²) in [6, 6.07) is 0. The van der Waals surface area contributed by atoms with Crippen LogP contribution in [0, 0.1) is 11.8 Å². The molecule has 1 aliphatic carbocycles. The van der Waals surface area contributed by atoms with E-state index in [2.05, 4.69) is 66.5 Å². The predicted octanol–water partition coefficient (Wildman–Crippen LogP) is 5.86. The summed E-state index contributed by atoms with van der Waals surface area (Å²) in [4.78, 5) is 6.85. The van der Waals surface area contributed by atoms with E-state index in [-0.39, 0.29) is 29.2 Å². The summed E-state index contributed by atoms with van der Waals surface area (Å²) in [5, 5.41) is 2.36. The van der Waals surface area contributed by atoms with E-state index in [1.54, 1.807) is 0 Å². The molecule has 0 aromatic rings. The van der Waals surface area contributed by atoms with E-state index in [1.807, 2.05) is 0 Å². The van der Waals surface area contributed by atoms with Crippen LogP contribution >= 0.6 is 0 Å². The molecule has 0 bridgehead atoms. The van der Waals surface area contributed by atoms with Gasteiger partial charge in [0, 0.05) is 17.9 Å². The van der Waals surface area contributed by atoms with Gasteiger partial charge in [-0.1, -0.05) is 33.8 Å². The molecular formula is C24H43NO3. The molecule has 0 amide bonds. The van der Waals surface area contributed by atoms with Gasteiger partial charge in [0.2, 0.25) is 0 Å². The largest absolute Gasteiger partial charge is 0.347 e. The summed E-state index contributed by atoms with van der Waals surface area (Å²) in [7, 11) is 0. The summed E-state index contributed by atoms with van der Waals surface area (Å²) in [5.74, 6) is 0.476. The highest BCUT2D eigenvalue weighted by Crippen LogP contribution is 2.54. The second kappa shape index (κ2) is 8.02. The number of hydrogen-bond donors (Lipinski definition) is 0. The van der Waals surface area contributed by atoms with Crippen LogP contribution in [-0.4, -0.2) is 40.7 Å². The molecule has 1 spiro atoms. The van der Waals surface area contributed by atoms with Crippen LogP contribution in [-0.2, 0) is 14.3 Å². The summed E-state index contributed by atoms with van der Waals surface area (Å²) < 4.78 is 12.8. The quantitative estimate of drug-likeness (QED) is 0.547. The zero-order valence-corrected chi connectivity index (χ0v) is 19.5. The fraction of sp³-hybridized carbons (Fsp3) is 0.917. The molecule has 0 aromatic heterocycles. The minimum atomic E-state index is -0.503. The predicted molar refractivity (Wildman–Crippen MR) is 114 cm³/mol. The van der Waals surface area contributed by atoms with Gasteiger partial charge < -0.3 is 9.47 Å². The third-order valence-corrected chi connectivity index (χ3v) is 8.05. The second-order valence-corrected chi connectivity index (χ2v) is 10.2. The standard InChI is InChI=1S/C24H43NO3/c1-9-22(7)16-24(26-15-18(4)27-24)20(6)23(8,10-2)25(22)28-19(5)21-13-11-12-17(3)14-21/h13,17-20H,9-12,14-16H2,1-8H3. The van der Waals surface area contributed by atoms with Crippen LogP contribution in [0.5, 0.6) is 0 Å². The molecule has 4 heteroatoms. The van der Waals surface area contributed by atoms with Crippen molar-refractivity contribution >= 4 is 0 Å². The Hall–Kier alpha value is -0.420. The Morgan fingerprint density at radius 1 is 1.21 bits per heavy atom. The van der Waals surface area contributed by atoms with Crippen molar-refractivity contribution in [2.45, 2.75) is 123 Å². The van der Waals surface area contributed by atoms with Gasteiger partial charge in [0.25, 0.3) is 0 Å². The number of piperidine rings is 1. The van der Waals surface area contributed by atoms with Crippen LogP contribution in [0.2, 0.25) is 0 Å². The van der Waals surface area contributed by atoms with Crippen molar-refractivity contribution < 1.29 is 14.3 Å². The van der Waals surface area contributed by atoms with E-state index in [4.69, 9.17) is 14.3 Å². The first-order chi connectivity index (χ1) is 13.1. The average molecular weight is 394 g/mol. The number of nitrogens with zero attached hydrogens (tertiary/aromatic N) is 1.